The molecule has 1 N–H and O–H groups in total. The Balaban J connectivity index is 3.01. The van der Waals surface area contributed by atoms with Gasteiger partial charge in [-0.25, -0.2) is 4.98 Å². The normalized spacial score (nSPS) is 11.3. The summed E-state index contributed by atoms with van der Waals surface area (Å²) in [5.74, 6) is 1.01. The highest BCUT2D eigenvalue weighted by molar-refractivity contribution is 5.04. The lowest BCUT2D eigenvalue weighted by atomic mass is 10.2. The number of hydrogen-bond donors (Lipinski definition) is 1. The van der Waals surface area contributed by atoms with Gasteiger partial charge < -0.3 is 9.88 Å². The van der Waals surface area contributed by atoms with Crippen LogP contribution in [0.2, 0.25) is 0 Å². The molecule has 0 atom stereocenters. The average molecular weight is 195 g/mol. The molecule has 78 valence electrons. The summed E-state index contributed by atoms with van der Waals surface area (Å²) in [5, 5.41) is 0. The molecule has 0 aliphatic rings. The molecule has 4 nitrogen and oxygen atoms in total. The van der Waals surface area contributed by atoms with Gasteiger partial charge in [0.05, 0.1) is 5.69 Å². The van der Waals surface area contributed by atoms with Crippen molar-refractivity contribution in [3.8, 4) is 0 Å². The number of hydrogen-bond acceptors (Lipinski definition) is 3. The number of aromatic amines is 1. The minimum atomic E-state index is -0.0689. The minimum Gasteiger partial charge on any atom is -0.310 e. The molecule has 0 fully saturated rings. The summed E-state index contributed by atoms with van der Waals surface area (Å²) in [6, 6.07) is 1.55. The van der Waals surface area contributed by atoms with Crippen molar-refractivity contribution < 1.29 is 0 Å². The zero-order valence-corrected chi connectivity index (χ0v) is 9.16. The molecular weight excluding hydrogens is 178 g/mol. The largest absolute Gasteiger partial charge is 0.310 e. The van der Waals surface area contributed by atoms with E-state index in [0.29, 0.717) is 6.54 Å². The van der Waals surface area contributed by atoms with Gasteiger partial charge in [0.15, 0.2) is 0 Å². The maximum atomic E-state index is 11.3. The third kappa shape index (κ3) is 2.96. The fraction of sp³-hybridized carbons (Fsp3) is 0.600. The molecule has 1 aromatic heterocycles. The van der Waals surface area contributed by atoms with Crippen molar-refractivity contribution in [1.82, 2.24) is 14.9 Å². The molecule has 0 aliphatic heterocycles. The number of H-pyrrole nitrogens is 1. The van der Waals surface area contributed by atoms with Crippen molar-refractivity contribution in [2.75, 3.05) is 14.1 Å². The van der Waals surface area contributed by atoms with Crippen LogP contribution in [0, 0.1) is 0 Å². The van der Waals surface area contributed by atoms with E-state index in [4.69, 9.17) is 0 Å². The van der Waals surface area contributed by atoms with E-state index in [1.807, 2.05) is 32.8 Å². The van der Waals surface area contributed by atoms with E-state index in [-0.39, 0.29) is 11.5 Å². The van der Waals surface area contributed by atoms with E-state index in [1.54, 1.807) is 6.07 Å². The van der Waals surface area contributed by atoms with Gasteiger partial charge in [0.1, 0.15) is 5.82 Å². The highest BCUT2D eigenvalue weighted by atomic mass is 16.1. The van der Waals surface area contributed by atoms with Crippen molar-refractivity contribution in [2.24, 2.45) is 0 Å². The maximum Gasteiger partial charge on any atom is 0.251 e. The van der Waals surface area contributed by atoms with E-state index in [1.165, 1.54) is 0 Å². The van der Waals surface area contributed by atoms with Crippen LogP contribution in [0.3, 0.4) is 0 Å². The Kier molecular flexibility index (Phi) is 3.41. The Morgan fingerprint density at radius 2 is 2.14 bits per heavy atom. The van der Waals surface area contributed by atoms with Gasteiger partial charge in [-0.2, -0.15) is 0 Å². The predicted molar refractivity (Wildman–Crippen MR) is 56.3 cm³/mol. The molecule has 14 heavy (non-hydrogen) atoms. The Morgan fingerprint density at radius 3 is 2.64 bits per heavy atom. The lowest BCUT2D eigenvalue weighted by Gasteiger charge is -2.10. The monoisotopic (exact) mass is 195 g/mol. The zero-order chi connectivity index (χ0) is 10.7. The van der Waals surface area contributed by atoms with Gasteiger partial charge in [-0.05, 0) is 14.1 Å². The van der Waals surface area contributed by atoms with Gasteiger partial charge in [0, 0.05) is 18.5 Å². The molecule has 0 unspecified atom stereocenters. The molecule has 0 bridgehead atoms. The van der Waals surface area contributed by atoms with Crippen LogP contribution in [-0.2, 0) is 6.54 Å². The summed E-state index contributed by atoms with van der Waals surface area (Å²) in [7, 11) is 3.91. The van der Waals surface area contributed by atoms with Gasteiger partial charge in [-0.3, -0.25) is 4.79 Å². The molecule has 0 aromatic carbocycles. The van der Waals surface area contributed by atoms with Crippen LogP contribution in [0.1, 0.15) is 31.3 Å². The van der Waals surface area contributed by atoms with Crippen LogP contribution in [0.5, 0.6) is 0 Å². The molecule has 0 saturated carbocycles. The van der Waals surface area contributed by atoms with Gasteiger partial charge in [0.25, 0.3) is 5.56 Å². The Bertz CT molecular complexity index is 355. The number of aromatic nitrogens is 2. The van der Waals surface area contributed by atoms with Crippen LogP contribution in [0.25, 0.3) is 0 Å². The third-order valence-electron chi connectivity index (χ3n) is 1.84. The first-order chi connectivity index (χ1) is 6.49. The smallest absolute Gasteiger partial charge is 0.251 e. The number of nitrogens with zero attached hydrogens (tertiary/aromatic N) is 2. The fourth-order valence-corrected chi connectivity index (χ4v) is 1.21. The Morgan fingerprint density at radius 1 is 1.50 bits per heavy atom. The van der Waals surface area contributed by atoms with Gasteiger partial charge in [-0.1, -0.05) is 13.8 Å². The molecule has 0 aliphatic carbocycles. The quantitative estimate of drug-likeness (QED) is 0.781. The number of rotatable bonds is 3. The van der Waals surface area contributed by atoms with E-state index < -0.39 is 0 Å². The van der Waals surface area contributed by atoms with Gasteiger partial charge in [0.2, 0.25) is 0 Å². The molecule has 1 aromatic rings. The van der Waals surface area contributed by atoms with Crippen molar-refractivity contribution in [3.05, 3.63) is 27.9 Å². The number of nitrogens with one attached hydrogen (secondary N) is 1. The summed E-state index contributed by atoms with van der Waals surface area (Å²) < 4.78 is 0. The average Bonchev–Trinajstić information content (AvgIpc) is 2.01. The molecule has 0 amide bonds. The summed E-state index contributed by atoms with van der Waals surface area (Å²) in [6.45, 7) is 4.72. The topological polar surface area (TPSA) is 49.0 Å². The van der Waals surface area contributed by atoms with E-state index in [0.717, 1.165) is 11.5 Å². The zero-order valence-electron chi connectivity index (χ0n) is 9.16. The summed E-state index contributed by atoms with van der Waals surface area (Å²) >= 11 is 0. The van der Waals surface area contributed by atoms with Crippen molar-refractivity contribution in [3.63, 3.8) is 0 Å². The van der Waals surface area contributed by atoms with Gasteiger partial charge in [-0.15, -0.1) is 0 Å². The molecule has 0 radical (unpaired) electrons. The maximum absolute atomic E-state index is 11.3. The van der Waals surface area contributed by atoms with Crippen LogP contribution in [0.15, 0.2) is 10.9 Å². The van der Waals surface area contributed by atoms with Crippen molar-refractivity contribution >= 4 is 0 Å². The first-order valence-electron chi connectivity index (χ1n) is 4.74. The predicted octanol–water partition coefficient (Wildman–Crippen LogP) is 0.955. The van der Waals surface area contributed by atoms with E-state index in [9.17, 15) is 4.79 Å². The first-order valence-corrected chi connectivity index (χ1v) is 4.74. The second-order valence-electron chi connectivity index (χ2n) is 4.01. The lowest BCUT2D eigenvalue weighted by Crippen LogP contribution is -2.18. The Hall–Kier alpha value is -1.16. The molecule has 1 heterocycles. The second-order valence-corrected chi connectivity index (χ2v) is 4.01. The van der Waals surface area contributed by atoms with Crippen LogP contribution in [-0.4, -0.2) is 29.0 Å². The molecule has 0 spiro atoms. The first kappa shape index (κ1) is 10.9. The molecule has 1 rings (SSSR count). The molecule has 4 heteroatoms. The van der Waals surface area contributed by atoms with E-state index >= 15 is 0 Å². The van der Waals surface area contributed by atoms with Crippen molar-refractivity contribution in [2.45, 2.75) is 26.3 Å². The van der Waals surface area contributed by atoms with Crippen molar-refractivity contribution in [1.29, 1.82) is 0 Å². The van der Waals surface area contributed by atoms with Crippen LogP contribution >= 0.6 is 0 Å². The highest BCUT2D eigenvalue weighted by Crippen LogP contribution is 2.06. The van der Waals surface area contributed by atoms with E-state index in [2.05, 4.69) is 9.97 Å². The van der Waals surface area contributed by atoms with Crippen LogP contribution in [0.4, 0.5) is 0 Å². The highest BCUT2D eigenvalue weighted by Gasteiger charge is 2.05. The summed E-state index contributed by atoms with van der Waals surface area (Å²) in [6.07, 6.45) is 0. The third-order valence-corrected chi connectivity index (χ3v) is 1.84. The summed E-state index contributed by atoms with van der Waals surface area (Å²) in [5.41, 5.74) is 0.753. The summed E-state index contributed by atoms with van der Waals surface area (Å²) in [4.78, 5) is 20.4. The molecule has 0 saturated heterocycles. The standard InChI is InChI=1S/C10H17N3O/c1-7(2)10-11-8(6-13(3)4)5-9(14)12-10/h5,7H,6H2,1-4H3,(H,11,12,14). The van der Waals surface area contributed by atoms with Crippen LogP contribution < -0.4 is 5.56 Å². The minimum absolute atomic E-state index is 0.0689. The SMILES string of the molecule is CC(C)c1nc(CN(C)C)cc(=O)[nH]1. The Labute approximate surface area is 84.0 Å². The second kappa shape index (κ2) is 4.37. The molecular formula is C10H17N3O. The lowest BCUT2D eigenvalue weighted by molar-refractivity contribution is 0.395. The fourth-order valence-electron chi connectivity index (χ4n) is 1.21. The van der Waals surface area contributed by atoms with Gasteiger partial charge >= 0.3 is 0 Å².